The van der Waals surface area contributed by atoms with Gasteiger partial charge in [0.25, 0.3) is 11.8 Å². The fourth-order valence-corrected chi connectivity index (χ4v) is 5.18. The number of carbonyl (C=O) groups is 2. The molecule has 1 aromatic carbocycles. The van der Waals surface area contributed by atoms with Gasteiger partial charge < -0.3 is 24.6 Å². The summed E-state index contributed by atoms with van der Waals surface area (Å²) in [4.78, 5) is 26.5. The number of aromatic nitrogens is 1. The first-order valence-corrected chi connectivity index (χ1v) is 11.0. The lowest BCUT2D eigenvalue weighted by Gasteiger charge is -2.18. The van der Waals surface area contributed by atoms with Crippen LogP contribution in [0.15, 0.2) is 28.8 Å². The lowest BCUT2D eigenvalue weighted by Crippen LogP contribution is -2.22. The Morgan fingerprint density at radius 1 is 1.03 bits per heavy atom. The van der Waals surface area contributed by atoms with Gasteiger partial charge in [-0.05, 0) is 49.4 Å². The van der Waals surface area contributed by atoms with E-state index in [2.05, 4.69) is 15.8 Å². The van der Waals surface area contributed by atoms with Gasteiger partial charge in [-0.25, -0.2) is 0 Å². The van der Waals surface area contributed by atoms with E-state index in [1.54, 1.807) is 25.2 Å². The number of hydrogen-bond donors (Lipinski definition) is 2. The first kappa shape index (κ1) is 19.6. The Morgan fingerprint density at radius 3 is 2.68 bits per heavy atom. The first-order chi connectivity index (χ1) is 15.1. The molecule has 0 unspecified atom stereocenters. The number of benzene rings is 1. The molecule has 0 radical (unpaired) electrons. The standard InChI is InChI=1S/C22H21N3O5S/c1-23-21(27)19-13-4-2-3-5-18(13)31-22(19)24-20(26)14-11-16(30-25-14)12-6-7-15-17(10-12)29-9-8-28-15/h6-7,10-11H,2-5,8-9H2,1H3,(H,23,27)(H,24,26). The summed E-state index contributed by atoms with van der Waals surface area (Å²) in [7, 11) is 1.60. The van der Waals surface area contributed by atoms with Crippen molar-refractivity contribution in [2.45, 2.75) is 25.7 Å². The van der Waals surface area contributed by atoms with Crippen LogP contribution in [-0.2, 0) is 12.8 Å². The number of thiophene rings is 1. The molecule has 2 aliphatic rings. The Kier molecular flexibility index (Phi) is 5.11. The molecule has 3 heterocycles. The lowest BCUT2D eigenvalue weighted by atomic mass is 9.95. The highest BCUT2D eigenvalue weighted by Crippen LogP contribution is 2.39. The van der Waals surface area contributed by atoms with Crippen molar-refractivity contribution in [3.05, 3.63) is 46.0 Å². The Labute approximate surface area is 182 Å². The number of nitrogens with zero attached hydrogens (tertiary/aromatic N) is 1. The summed E-state index contributed by atoms with van der Waals surface area (Å²) in [5, 5.41) is 10.0. The Morgan fingerprint density at radius 2 is 1.84 bits per heavy atom. The summed E-state index contributed by atoms with van der Waals surface area (Å²) in [5.74, 6) is 1.14. The Balaban J connectivity index is 1.39. The average Bonchev–Trinajstić information content (AvgIpc) is 3.43. The van der Waals surface area contributed by atoms with Crippen LogP contribution in [0.5, 0.6) is 11.5 Å². The van der Waals surface area contributed by atoms with Crippen LogP contribution >= 0.6 is 11.3 Å². The summed E-state index contributed by atoms with van der Waals surface area (Å²) in [6.45, 7) is 1.00. The predicted octanol–water partition coefficient (Wildman–Crippen LogP) is 3.67. The number of ether oxygens (including phenoxy) is 2. The molecule has 0 bridgehead atoms. The molecule has 3 aromatic rings. The topological polar surface area (TPSA) is 103 Å². The van der Waals surface area contributed by atoms with Crippen molar-refractivity contribution in [3.8, 4) is 22.8 Å². The van der Waals surface area contributed by atoms with E-state index < -0.39 is 5.91 Å². The zero-order valence-corrected chi connectivity index (χ0v) is 17.8. The predicted molar refractivity (Wildman–Crippen MR) is 115 cm³/mol. The zero-order chi connectivity index (χ0) is 21.4. The van der Waals surface area contributed by atoms with Crippen LogP contribution in [0.3, 0.4) is 0 Å². The molecule has 1 aliphatic carbocycles. The SMILES string of the molecule is CNC(=O)c1c(NC(=O)c2cc(-c3ccc4c(c3)OCCO4)on2)sc2c1CCCC2. The molecule has 0 saturated heterocycles. The molecule has 0 fully saturated rings. The maximum absolute atomic E-state index is 12.9. The average molecular weight is 439 g/mol. The van der Waals surface area contributed by atoms with Crippen LogP contribution < -0.4 is 20.1 Å². The summed E-state index contributed by atoms with van der Waals surface area (Å²) >= 11 is 1.47. The molecule has 0 atom stereocenters. The number of anilines is 1. The smallest absolute Gasteiger partial charge is 0.278 e. The van der Waals surface area contributed by atoms with E-state index in [1.165, 1.54) is 11.3 Å². The molecule has 5 rings (SSSR count). The summed E-state index contributed by atoms with van der Waals surface area (Å²) in [5.41, 5.74) is 2.47. The number of rotatable bonds is 4. The van der Waals surface area contributed by atoms with Gasteiger partial charge in [0.15, 0.2) is 23.0 Å². The van der Waals surface area contributed by atoms with Crippen molar-refractivity contribution >= 4 is 28.2 Å². The van der Waals surface area contributed by atoms with Gasteiger partial charge in [0.05, 0.1) is 5.56 Å². The van der Waals surface area contributed by atoms with Crippen molar-refractivity contribution < 1.29 is 23.6 Å². The van der Waals surface area contributed by atoms with Crippen molar-refractivity contribution in [2.24, 2.45) is 0 Å². The van der Waals surface area contributed by atoms with E-state index in [4.69, 9.17) is 14.0 Å². The lowest BCUT2D eigenvalue weighted by molar-refractivity contribution is 0.0963. The van der Waals surface area contributed by atoms with Gasteiger partial charge in [-0.3, -0.25) is 9.59 Å². The number of carbonyl (C=O) groups excluding carboxylic acids is 2. The van der Waals surface area contributed by atoms with E-state index in [-0.39, 0.29) is 11.6 Å². The number of amides is 2. The summed E-state index contributed by atoms with van der Waals surface area (Å²) in [6, 6.07) is 7.01. The maximum Gasteiger partial charge on any atom is 0.278 e. The number of fused-ring (bicyclic) bond motifs is 2. The highest BCUT2D eigenvalue weighted by Gasteiger charge is 2.27. The highest BCUT2D eigenvalue weighted by atomic mass is 32.1. The molecular formula is C22H21N3O5S. The fraction of sp³-hybridized carbons (Fsp3) is 0.318. The van der Waals surface area contributed by atoms with Gasteiger partial charge >= 0.3 is 0 Å². The van der Waals surface area contributed by atoms with Gasteiger partial charge in [-0.2, -0.15) is 0 Å². The molecule has 31 heavy (non-hydrogen) atoms. The molecule has 2 N–H and O–H groups in total. The van der Waals surface area contributed by atoms with Crippen LogP contribution in [0, 0.1) is 0 Å². The minimum absolute atomic E-state index is 0.138. The van der Waals surface area contributed by atoms with Gasteiger partial charge in [0.1, 0.15) is 18.2 Å². The van der Waals surface area contributed by atoms with Crippen molar-refractivity contribution in [1.29, 1.82) is 0 Å². The third-order valence-corrected chi connectivity index (χ3v) is 6.63. The van der Waals surface area contributed by atoms with Crippen LogP contribution in [0.1, 0.15) is 44.1 Å². The largest absolute Gasteiger partial charge is 0.486 e. The van der Waals surface area contributed by atoms with Crippen LogP contribution in [0.4, 0.5) is 5.00 Å². The summed E-state index contributed by atoms with van der Waals surface area (Å²) < 4.78 is 16.5. The number of nitrogens with one attached hydrogen (secondary N) is 2. The third-order valence-electron chi connectivity index (χ3n) is 5.42. The molecule has 0 saturated carbocycles. The molecule has 2 aromatic heterocycles. The number of aryl methyl sites for hydroxylation is 1. The van der Waals surface area contributed by atoms with Crippen LogP contribution in [0.2, 0.25) is 0 Å². The van der Waals surface area contributed by atoms with E-state index in [1.807, 2.05) is 6.07 Å². The molecule has 2 amide bonds. The van der Waals surface area contributed by atoms with Crippen molar-refractivity contribution in [1.82, 2.24) is 10.5 Å². The summed E-state index contributed by atoms with van der Waals surface area (Å²) in [6.07, 6.45) is 3.92. The van der Waals surface area contributed by atoms with Gasteiger partial charge in [-0.15, -0.1) is 11.3 Å². The van der Waals surface area contributed by atoms with E-state index in [0.717, 1.165) is 41.7 Å². The second kappa shape index (κ2) is 8.07. The third kappa shape index (κ3) is 3.65. The van der Waals surface area contributed by atoms with Gasteiger partial charge in [0, 0.05) is 23.6 Å². The minimum Gasteiger partial charge on any atom is -0.486 e. The van der Waals surface area contributed by atoms with E-state index in [0.29, 0.717) is 41.0 Å². The quantitative estimate of drug-likeness (QED) is 0.643. The number of hydrogen-bond acceptors (Lipinski definition) is 7. The van der Waals surface area contributed by atoms with Gasteiger partial charge in [-0.1, -0.05) is 5.16 Å². The fourth-order valence-electron chi connectivity index (χ4n) is 3.90. The molecule has 8 nitrogen and oxygen atoms in total. The van der Waals surface area contributed by atoms with E-state index >= 15 is 0 Å². The highest BCUT2D eigenvalue weighted by molar-refractivity contribution is 7.17. The molecule has 9 heteroatoms. The van der Waals surface area contributed by atoms with Crippen molar-refractivity contribution in [3.63, 3.8) is 0 Å². The molecule has 1 aliphatic heterocycles. The van der Waals surface area contributed by atoms with Crippen LogP contribution in [-0.4, -0.2) is 37.2 Å². The monoisotopic (exact) mass is 439 g/mol. The molecule has 160 valence electrons. The van der Waals surface area contributed by atoms with Gasteiger partial charge in [0.2, 0.25) is 0 Å². The first-order valence-electron chi connectivity index (χ1n) is 10.2. The van der Waals surface area contributed by atoms with E-state index in [9.17, 15) is 9.59 Å². The molecular weight excluding hydrogens is 418 g/mol. The van der Waals surface area contributed by atoms with Crippen LogP contribution in [0.25, 0.3) is 11.3 Å². The van der Waals surface area contributed by atoms with Crippen molar-refractivity contribution in [2.75, 3.05) is 25.6 Å². The normalized spacial score (nSPS) is 14.6. The second-order valence-corrected chi connectivity index (χ2v) is 8.49. The molecule has 0 spiro atoms. The minimum atomic E-state index is -0.420. The Bertz CT molecular complexity index is 1170. The Hall–Kier alpha value is -3.33. The zero-order valence-electron chi connectivity index (χ0n) is 16.9. The maximum atomic E-state index is 12.9. The second-order valence-electron chi connectivity index (χ2n) is 7.38.